The zero-order chi connectivity index (χ0) is 18.8. The van der Waals surface area contributed by atoms with Gasteiger partial charge in [0.2, 0.25) is 11.0 Å². The lowest BCUT2D eigenvalue weighted by Crippen LogP contribution is -2.14. The first-order valence-corrected chi connectivity index (χ1v) is 10.2. The summed E-state index contributed by atoms with van der Waals surface area (Å²) in [6, 6.07) is 0. The van der Waals surface area contributed by atoms with Crippen molar-refractivity contribution in [3.05, 3.63) is 28.3 Å². The maximum absolute atomic E-state index is 12.4. The second-order valence-corrected chi connectivity index (χ2v) is 8.07. The Balaban J connectivity index is 1.38. The molecule has 142 valence electrons. The average molecular weight is 385 g/mol. The minimum absolute atomic E-state index is 0.0566. The molecule has 1 aliphatic carbocycles. The van der Waals surface area contributed by atoms with Crippen molar-refractivity contribution in [2.45, 2.75) is 64.7 Å². The fourth-order valence-corrected chi connectivity index (χ4v) is 4.67. The van der Waals surface area contributed by atoms with Crippen molar-refractivity contribution in [1.29, 1.82) is 0 Å². The number of hydrogen-bond donors (Lipinski definition) is 1. The number of anilines is 1. The van der Waals surface area contributed by atoms with Crippen LogP contribution in [0.2, 0.25) is 0 Å². The Bertz CT molecular complexity index is 958. The highest BCUT2D eigenvalue weighted by Gasteiger charge is 2.20. The molecule has 0 unspecified atom stereocenters. The van der Waals surface area contributed by atoms with Crippen LogP contribution in [0.15, 0.2) is 6.33 Å². The van der Waals surface area contributed by atoms with E-state index in [9.17, 15) is 4.79 Å². The van der Waals surface area contributed by atoms with Crippen LogP contribution in [0.1, 0.15) is 66.4 Å². The van der Waals surface area contributed by atoms with Gasteiger partial charge in [-0.3, -0.25) is 4.79 Å². The lowest BCUT2D eigenvalue weighted by molar-refractivity contribution is -0.116. The molecule has 9 heteroatoms. The Labute approximate surface area is 161 Å². The Kier molecular flexibility index (Phi) is 5.11. The number of carbonyl (C=O) groups excluding carboxylic acids is 1. The maximum Gasteiger partial charge on any atom is 0.252 e. The second kappa shape index (κ2) is 7.67. The topological polar surface area (TPSA) is 98.0 Å². The molecule has 1 fully saturated rings. The first kappa shape index (κ1) is 18.0. The predicted molar refractivity (Wildman–Crippen MR) is 103 cm³/mol. The number of fused-ring (bicyclic) bond motifs is 1. The average Bonchev–Trinajstić information content (AvgIpc) is 3.32. The SMILES string of the molecule is Cc1nc2ncnn2c(C)c1CCC(=O)Nc1nnc(C2CCCCC2)s1. The second-order valence-electron chi connectivity index (χ2n) is 7.06. The molecule has 0 bridgehead atoms. The van der Waals surface area contributed by atoms with Crippen molar-refractivity contribution in [1.82, 2.24) is 29.8 Å². The van der Waals surface area contributed by atoms with Crippen LogP contribution in [0.5, 0.6) is 0 Å². The Hall–Kier alpha value is -2.42. The van der Waals surface area contributed by atoms with Gasteiger partial charge < -0.3 is 5.32 Å². The van der Waals surface area contributed by atoms with Crippen LogP contribution in [0, 0.1) is 13.8 Å². The summed E-state index contributed by atoms with van der Waals surface area (Å²) in [5, 5.41) is 17.2. The van der Waals surface area contributed by atoms with E-state index in [0.717, 1.165) is 22.0 Å². The van der Waals surface area contributed by atoms with E-state index < -0.39 is 0 Å². The van der Waals surface area contributed by atoms with Crippen LogP contribution < -0.4 is 5.32 Å². The van der Waals surface area contributed by atoms with Gasteiger partial charge in [0.05, 0.1) is 0 Å². The number of aryl methyl sites for hydroxylation is 2. The number of rotatable bonds is 5. The van der Waals surface area contributed by atoms with Gasteiger partial charge in [-0.05, 0) is 38.7 Å². The molecule has 1 N–H and O–H groups in total. The van der Waals surface area contributed by atoms with Crippen molar-refractivity contribution in [3.8, 4) is 0 Å². The number of carbonyl (C=O) groups is 1. The summed E-state index contributed by atoms with van der Waals surface area (Å²) in [6.45, 7) is 3.92. The first-order chi connectivity index (χ1) is 13.1. The van der Waals surface area contributed by atoms with Gasteiger partial charge in [0, 0.05) is 23.7 Å². The summed E-state index contributed by atoms with van der Waals surface area (Å²) in [7, 11) is 0. The van der Waals surface area contributed by atoms with E-state index in [1.807, 2.05) is 13.8 Å². The lowest BCUT2D eigenvalue weighted by Gasteiger charge is -2.18. The standard InChI is InChI=1S/C18H23N7OS/c1-11-14(12(2)25-17(21-11)19-10-20-25)8-9-15(26)22-18-24-23-16(27-18)13-6-4-3-5-7-13/h10,13H,3-9H2,1-2H3,(H,22,24,26). The molecule has 0 aromatic carbocycles. The van der Waals surface area contributed by atoms with Crippen LogP contribution in [0.4, 0.5) is 5.13 Å². The van der Waals surface area contributed by atoms with Crippen molar-refractivity contribution >= 4 is 28.2 Å². The van der Waals surface area contributed by atoms with Crippen LogP contribution in [-0.4, -0.2) is 35.7 Å². The lowest BCUT2D eigenvalue weighted by atomic mass is 9.90. The molecule has 0 saturated heterocycles. The van der Waals surface area contributed by atoms with Gasteiger partial charge in [-0.1, -0.05) is 30.6 Å². The van der Waals surface area contributed by atoms with E-state index in [-0.39, 0.29) is 5.91 Å². The predicted octanol–water partition coefficient (Wildman–Crippen LogP) is 3.21. The maximum atomic E-state index is 12.4. The van der Waals surface area contributed by atoms with Crippen molar-refractivity contribution < 1.29 is 4.79 Å². The highest BCUT2D eigenvalue weighted by Crippen LogP contribution is 2.35. The third kappa shape index (κ3) is 3.83. The molecule has 4 rings (SSSR count). The quantitative estimate of drug-likeness (QED) is 0.724. The normalized spacial score (nSPS) is 15.3. The Morgan fingerprint density at radius 2 is 2.07 bits per heavy atom. The smallest absolute Gasteiger partial charge is 0.252 e. The largest absolute Gasteiger partial charge is 0.301 e. The monoisotopic (exact) mass is 385 g/mol. The Morgan fingerprint density at radius 3 is 2.89 bits per heavy atom. The highest BCUT2D eigenvalue weighted by molar-refractivity contribution is 7.15. The molecule has 3 aromatic heterocycles. The van der Waals surface area contributed by atoms with Gasteiger partial charge in [0.15, 0.2) is 0 Å². The summed E-state index contributed by atoms with van der Waals surface area (Å²) in [5.74, 6) is 1.04. The molecule has 0 spiro atoms. The van der Waals surface area contributed by atoms with Crippen LogP contribution in [0.25, 0.3) is 5.78 Å². The molecule has 0 aliphatic heterocycles. The van der Waals surface area contributed by atoms with Crippen LogP contribution in [-0.2, 0) is 11.2 Å². The van der Waals surface area contributed by atoms with E-state index in [1.54, 1.807) is 4.52 Å². The molecular formula is C18H23N7OS. The molecule has 0 radical (unpaired) electrons. The number of nitrogens with zero attached hydrogens (tertiary/aromatic N) is 6. The summed E-state index contributed by atoms with van der Waals surface area (Å²) >= 11 is 1.51. The highest BCUT2D eigenvalue weighted by atomic mass is 32.1. The van der Waals surface area contributed by atoms with E-state index in [4.69, 9.17) is 0 Å². The molecular weight excluding hydrogens is 362 g/mol. The van der Waals surface area contributed by atoms with E-state index in [0.29, 0.717) is 29.7 Å². The summed E-state index contributed by atoms with van der Waals surface area (Å²) in [5.41, 5.74) is 2.89. The zero-order valence-corrected chi connectivity index (χ0v) is 16.4. The molecule has 1 aliphatic rings. The third-order valence-corrected chi connectivity index (χ3v) is 6.23. The number of aromatic nitrogens is 6. The van der Waals surface area contributed by atoms with Gasteiger partial charge in [-0.15, -0.1) is 10.2 Å². The van der Waals surface area contributed by atoms with Crippen LogP contribution >= 0.6 is 11.3 Å². The number of amides is 1. The Morgan fingerprint density at radius 1 is 1.26 bits per heavy atom. The van der Waals surface area contributed by atoms with E-state index >= 15 is 0 Å². The van der Waals surface area contributed by atoms with Crippen molar-refractivity contribution in [2.75, 3.05) is 5.32 Å². The molecule has 0 atom stereocenters. The van der Waals surface area contributed by atoms with Crippen molar-refractivity contribution in [2.24, 2.45) is 0 Å². The molecule has 27 heavy (non-hydrogen) atoms. The molecule has 3 heterocycles. The number of nitrogens with one attached hydrogen (secondary N) is 1. The minimum Gasteiger partial charge on any atom is -0.301 e. The zero-order valence-electron chi connectivity index (χ0n) is 15.6. The summed E-state index contributed by atoms with van der Waals surface area (Å²) in [4.78, 5) is 21.0. The fraction of sp³-hybridized carbons (Fsp3) is 0.556. The molecule has 1 amide bonds. The van der Waals surface area contributed by atoms with Crippen LogP contribution in [0.3, 0.4) is 0 Å². The number of hydrogen-bond acceptors (Lipinski definition) is 7. The van der Waals surface area contributed by atoms with Gasteiger partial charge in [-0.2, -0.15) is 10.1 Å². The first-order valence-electron chi connectivity index (χ1n) is 9.41. The third-order valence-electron chi connectivity index (χ3n) is 5.23. The van der Waals surface area contributed by atoms with E-state index in [1.165, 1.54) is 49.8 Å². The molecule has 1 saturated carbocycles. The van der Waals surface area contributed by atoms with Gasteiger partial charge >= 0.3 is 0 Å². The van der Waals surface area contributed by atoms with Gasteiger partial charge in [-0.25, -0.2) is 9.50 Å². The molecule has 8 nitrogen and oxygen atoms in total. The fourth-order valence-electron chi connectivity index (χ4n) is 3.74. The summed E-state index contributed by atoms with van der Waals surface area (Å²) < 4.78 is 1.71. The minimum atomic E-state index is -0.0566. The van der Waals surface area contributed by atoms with Gasteiger partial charge in [0.25, 0.3) is 5.78 Å². The van der Waals surface area contributed by atoms with E-state index in [2.05, 4.69) is 30.6 Å². The summed E-state index contributed by atoms with van der Waals surface area (Å²) in [6.07, 6.45) is 8.64. The van der Waals surface area contributed by atoms with Gasteiger partial charge in [0.1, 0.15) is 11.3 Å². The molecule has 3 aromatic rings. The van der Waals surface area contributed by atoms with Crippen molar-refractivity contribution in [3.63, 3.8) is 0 Å².